The molecule has 2 N–H and O–H groups in total. The fourth-order valence-electron chi connectivity index (χ4n) is 2.09. The minimum Gasteiger partial charge on any atom is -0.367 e. The van der Waals surface area contributed by atoms with E-state index in [1.165, 1.54) is 18.4 Å². The second-order valence-electron chi connectivity index (χ2n) is 4.39. The first-order chi connectivity index (χ1) is 7.25. The normalized spacial score (nSPS) is 26.3. The number of anilines is 1. The van der Waals surface area contributed by atoms with Gasteiger partial charge in [0.05, 0.1) is 0 Å². The van der Waals surface area contributed by atoms with Crippen LogP contribution in [-0.4, -0.2) is 23.6 Å². The zero-order chi connectivity index (χ0) is 10.7. The molecular weight excluding hydrogens is 186 g/mol. The molecule has 0 aliphatic carbocycles. The molecule has 1 aromatic heterocycles. The van der Waals surface area contributed by atoms with Gasteiger partial charge in [0.1, 0.15) is 5.82 Å². The molecule has 2 unspecified atom stereocenters. The Labute approximate surface area is 91.3 Å². The summed E-state index contributed by atoms with van der Waals surface area (Å²) in [6.45, 7) is 5.43. The van der Waals surface area contributed by atoms with Crippen LogP contribution in [0.1, 0.15) is 25.3 Å². The van der Waals surface area contributed by atoms with E-state index in [4.69, 9.17) is 0 Å². The number of hydrogen-bond donors (Lipinski definition) is 2. The van der Waals surface area contributed by atoms with Gasteiger partial charge in [-0.05, 0) is 44.9 Å². The molecule has 0 aromatic carbocycles. The molecular formula is C12H19N3. The van der Waals surface area contributed by atoms with Crippen molar-refractivity contribution in [1.82, 2.24) is 10.3 Å². The van der Waals surface area contributed by atoms with E-state index < -0.39 is 0 Å². The fourth-order valence-corrected chi connectivity index (χ4v) is 2.09. The molecule has 15 heavy (non-hydrogen) atoms. The Morgan fingerprint density at radius 2 is 2.40 bits per heavy atom. The van der Waals surface area contributed by atoms with Crippen LogP contribution >= 0.6 is 0 Å². The van der Waals surface area contributed by atoms with Crippen LogP contribution in [0.25, 0.3) is 0 Å². The lowest BCUT2D eigenvalue weighted by Crippen LogP contribution is -2.41. The van der Waals surface area contributed by atoms with E-state index in [2.05, 4.69) is 35.5 Å². The molecule has 1 aliphatic rings. The van der Waals surface area contributed by atoms with Crippen LogP contribution in [0.15, 0.2) is 18.3 Å². The van der Waals surface area contributed by atoms with E-state index in [0.717, 1.165) is 12.4 Å². The van der Waals surface area contributed by atoms with Crippen LogP contribution in [0.4, 0.5) is 5.82 Å². The summed E-state index contributed by atoms with van der Waals surface area (Å²) in [4.78, 5) is 4.37. The van der Waals surface area contributed by atoms with Crippen molar-refractivity contribution in [2.45, 2.75) is 38.8 Å². The molecule has 1 aliphatic heterocycles. The summed E-state index contributed by atoms with van der Waals surface area (Å²) in [5.41, 5.74) is 1.23. The summed E-state index contributed by atoms with van der Waals surface area (Å²) < 4.78 is 0. The Balaban J connectivity index is 1.99. The number of piperidine rings is 1. The molecule has 0 bridgehead atoms. The number of pyridine rings is 1. The van der Waals surface area contributed by atoms with Crippen molar-refractivity contribution in [3.8, 4) is 0 Å². The molecule has 2 atom stereocenters. The van der Waals surface area contributed by atoms with Gasteiger partial charge in [0, 0.05) is 18.3 Å². The number of nitrogens with zero attached hydrogens (tertiary/aromatic N) is 1. The molecule has 82 valence electrons. The highest BCUT2D eigenvalue weighted by atomic mass is 15.0. The average Bonchev–Trinajstić information content (AvgIpc) is 2.22. The number of nitrogens with one attached hydrogen (secondary N) is 2. The fraction of sp³-hybridized carbons (Fsp3) is 0.583. The van der Waals surface area contributed by atoms with Crippen molar-refractivity contribution in [2.75, 3.05) is 11.9 Å². The first-order valence-electron chi connectivity index (χ1n) is 5.67. The molecule has 2 rings (SSSR count). The Morgan fingerprint density at radius 3 is 3.13 bits per heavy atom. The number of rotatable bonds is 2. The van der Waals surface area contributed by atoms with Gasteiger partial charge in [0.25, 0.3) is 0 Å². The first kappa shape index (κ1) is 10.4. The lowest BCUT2D eigenvalue weighted by molar-refractivity contribution is 0.395. The van der Waals surface area contributed by atoms with E-state index in [-0.39, 0.29) is 0 Å². The minimum absolute atomic E-state index is 0.565. The highest BCUT2D eigenvalue weighted by molar-refractivity contribution is 5.43. The zero-order valence-corrected chi connectivity index (χ0v) is 9.46. The van der Waals surface area contributed by atoms with Gasteiger partial charge >= 0.3 is 0 Å². The monoisotopic (exact) mass is 205 g/mol. The van der Waals surface area contributed by atoms with Gasteiger partial charge in [0.15, 0.2) is 0 Å². The highest BCUT2D eigenvalue weighted by Gasteiger charge is 2.18. The van der Waals surface area contributed by atoms with Gasteiger partial charge in [-0.3, -0.25) is 0 Å². The topological polar surface area (TPSA) is 37.0 Å². The Kier molecular flexibility index (Phi) is 3.21. The molecule has 3 nitrogen and oxygen atoms in total. The summed E-state index contributed by atoms with van der Waals surface area (Å²) >= 11 is 0. The van der Waals surface area contributed by atoms with E-state index in [1.54, 1.807) is 0 Å². The molecule has 1 aromatic rings. The standard InChI is InChI=1S/C12H19N3/c1-9-4-3-6-14-12(9)15-11-5-7-13-10(2)8-11/h3-4,6,10-11,13H,5,7-8H2,1-2H3,(H,14,15). The second-order valence-corrected chi connectivity index (χ2v) is 4.39. The van der Waals surface area contributed by atoms with Crippen molar-refractivity contribution in [3.05, 3.63) is 23.9 Å². The van der Waals surface area contributed by atoms with Crippen molar-refractivity contribution < 1.29 is 0 Å². The maximum atomic E-state index is 4.37. The molecule has 1 fully saturated rings. The SMILES string of the molecule is Cc1cccnc1NC1CCNC(C)C1. The molecule has 1 saturated heterocycles. The second kappa shape index (κ2) is 4.62. The Bertz CT molecular complexity index is 324. The summed E-state index contributed by atoms with van der Waals surface area (Å²) in [5, 5.41) is 6.98. The van der Waals surface area contributed by atoms with Crippen LogP contribution in [0.3, 0.4) is 0 Å². The van der Waals surface area contributed by atoms with E-state index in [9.17, 15) is 0 Å². The van der Waals surface area contributed by atoms with Gasteiger partial charge in [-0.15, -0.1) is 0 Å². The predicted octanol–water partition coefficient (Wildman–Crippen LogP) is 1.94. The summed E-state index contributed by atoms with van der Waals surface area (Å²) in [6, 6.07) is 5.25. The smallest absolute Gasteiger partial charge is 0.129 e. The number of aromatic nitrogens is 1. The third kappa shape index (κ3) is 2.69. The number of aryl methyl sites for hydroxylation is 1. The first-order valence-corrected chi connectivity index (χ1v) is 5.67. The van der Waals surface area contributed by atoms with E-state index in [0.29, 0.717) is 12.1 Å². The summed E-state index contributed by atoms with van der Waals surface area (Å²) in [7, 11) is 0. The average molecular weight is 205 g/mol. The number of hydrogen-bond acceptors (Lipinski definition) is 3. The van der Waals surface area contributed by atoms with Gasteiger partial charge in [-0.1, -0.05) is 6.07 Å². The van der Waals surface area contributed by atoms with Crippen LogP contribution in [0.2, 0.25) is 0 Å². The minimum atomic E-state index is 0.565. The van der Waals surface area contributed by atoms with Crippen molar-refractivity contribution in [2.24, 2.45) is 0 Å². The third-order valence-corrected chi connectivity index (χ3v) is 2.97. The van der Waals surface area contributed by atoms with E-state index >= 15 is 0 Å². The van der Waals surface area contributed by atoms with Gasteiger partial charge in [-0.25, -0.2) is 4.98 Å². The van der Waals surface area contributed by atoms with Crippen molar-refractivity contribution in [1.29, 1.82) is 0 Å². The Morgan fingerprint density at radius 1 is 1.53 bits per heavy atom. The molecule has 0 radical (unpaired) electrons. The Hall–Kier alpha value is -1.09. The molecule has 0 saturated carbocycles. The lowest BCUT2D eigenvalue weighted by atomic mass is 10.0. The lowest BCUT2D eigenvalue weighted by Gasteiger charge is -2.29. The third-order valence-electron chi connectivity index (χ3n) is 2.97. The van der Waals surface area contributed by atoms with Crippen LogP contribution in [0, 0.1) is 6.92 Å². The van der Waals surface area contributed by atoms with Crippen LogP contribution < -0.4 is 10.6 Å². The molecule has 3 heteroatoms. The molecule has 0 spiro atoms. The molecule has 2 heterocycles. The van der Waals surface area contributed by atoms with Crippen molar-refractivity contribution >= 4 is 5.82 Å². The van der Waals surface area contributed by atoms with Crippen LogP contribution in [0.5, 0.6) is 0 Å². The predicted molar refractivity (Wildman–Crippen MR) is 63.1 cm³/mol. The van der Waals surface area contributed by atoms with Crippen LogP contribution in [-0.2, 0) is 0 Å². The van der Waals surface area contributed by atoms with Gasteiger partial charge < -0.3 is 10.6 Å². The van der Waals surface area contributed by atoms with Gasteiger partial charge in [-0.2, -0.15) is 0 Å². The molecule has 0 amide bonds. The highest BCUT2D eigenvalue weighted by Crippen LogP contribution is 2.16. The maximum absolute atomic E-state index is 4.37. The summed E-state index contributed by atoms with van der Waals surface area (Å²) in [6.07, 6.45) is 4.20. The quantitative estimate of drug-likeness (QED) is 0.774. The largest absolute Gasteiger partial charge is 0.367 e. The maximum Gasteiger partial charge on any atom is 0.129 e. The van der Waals surface area contributed by atoms with Gasteiger partial charge in [0.2, 0.25) is 0 Å². The zero-order valence-electron chi connectivity index (χ0n) is 9.46. The van der Waals surface area contributed by atoms with E-state index in [1.807, 2.05) is 12.3 Å². The van der Waals surface area contributed by atoms with Crippen molar-refractivity contribution in [3.63, 3.8) is 0 Å². The summed E-state index contributed by atoms with van der Waals surface area (Å²) in [5.74, 6) is 1.04.